The van der Waals surface area contributed by atoms with E-state index in [1.807, 2.05) is 12.1 Å². The number of thiophene rings is 1. The average molecular weight is 307 g/mol. The van der Waals surface area contributed by atoms with E-state index in [-0.39, 0.29) is 5.56 Å². The lowest BCUT2D eigenvalue weighted by Crippen LogP contribution is -2.03. The van der Waals surface area contributed by atoms with E-state index in [1.54, 1.807) is 12.3 Å². The van der Waals surface area contributed by atoms with Gasteiger partial charge >= 0.3 is 6.18 Å². The number of fused-ring (bicyclic) bond motifs is 1. The number of aromatic nitrogens is 1. The molecule has 0 spiro atoms. The molecule has 1 nitrogen and oxygen atoms in total. The molecule has 0 saturated heterocycles. The van der Waals surface area contributed by atoms with Crippen LogP contribution in [0.5, 0.6) is 0 Å². The van der Waals surface area contributed by atoms with E-state index >= 15 is 0 Å². The van der Waals surface area contributed by atoms with Crippen LogP contribution < -0.4 is 0 Å². The molecule has 1 aliphatic rings. The van der Waals surface area contributed by atoms with Crippen LogP contribution in [0, 0.1) is 0 Å². The summed E-state index contributed by atoms with van der Waals surface area (Å²) in [4.78, 5) is 2.55. The molecule has 0 atom stereocenters. The van der Waals surface area contributed by atoms with Crippen LogP contribution in [0.2, 0.25) is 0 Å². The minimum Gasteiger partial charge on any atom is -0.361 e. The average Bonchev–Trinajstić information content (AvgIpc) is 3.00. The Morgan fingerprint density at radius 3 is 2.62 bits per heavy atom. The standard InChI is InChI=1S/C16H12F3NS/c17-16(18,19)15-11(5-6-21-15)13-8-20-14-4-3-10(7-12(13)14)9-1-2-9/h3-9,20H,1-2H2. The summed E-state index contributed by atoms with van der Waals surface area (Å²) < 4.78 is 39.3. The van der Waals surface area contributed by atoms with Crippen molar-refractivity contribution in [3.05, 3.63) is 46.3 Å². The van der Waals surface area contributed by atoms with Crippen LogP contribution in [0.3, 0.4) is 0 Å². The largest absolute Gasteiger partial charge is 0.426 e. The second-order valence-corrected chi connectivity index (χ2v) is 6.36. The lowest BCUT2D eigenvalue weighted by Gasteiger charge is -2.07. The van der Waals surface area contributed by atoms with Crippen LogP contribution in [0.25, 0.3) is 22.0 Å². The van der Waals surface area contributed by atoms with E-state index in [2.05, 4.69) is 11.1 Å². The SMILES string of the molecule is FC(F)(F)c1sccc1-c1c[nH]c2ccc(C3CC3)cc12. The van der Waals surface area contributed by atoms with Crippen LogP contribution in [-0.4, -0.2) is 4.98 Å². The fourth-order valence-corrected chi connectivity index (χ4v) is 3.55. The molecule has 1 fully saturated rings. The van der Waals surface area contributed by atoms with Crippen LogP contribution in [0.4, 0.5) is 13.2 Å². The molecule has 3 aromatic rings. The van der Waals surface area contributed by atoms with Gasteiger partial charge in [0.2, 0.25) is 0 Å². The van der Waals surface area contributed by atoms with Crippen molar-refractivity contribution in [1.82, 2.24) is 4.98 Å². The monoisotopic (exact) mass is 307 g/mol. The summed E-state index contributed by atoms with van der Waals surface area (Å²) in [5.74, 6) is 0.585. The summed E-state index contributed by atoms with van der Waals surface area (Å²) >= 11 is 0.747. The van der Waals surface area contributed by atoms with Crippen molar-refractivity contribution in [1.29, 1.82) is 0 Å². The summed E-state index contributed by atoms with van der Waals surface area (Å²) in [6.07, 6.45) is -0.269. The third-order valence-electron chi connectivity index (χ3n) is 3.97. The van der Waals surface area contributed by atoms with E-state index in [1.165, 1.54) is 23.8 Å². The summed E-state index contributed by atoms with van der Waals surface area (Å²) in [7, 11) is 0. The molecule has 1 aliphatic carbocycles. The second kappa shape index (κ2) is 4.37. The van der Waals surface area contributed by atoms with Crippen molar-refractivity contribution in [2.75, 3.05) is 0 Å². The van der Waals surface area contributed by atoms with Crippen molar-refractivity contribution < 1.29 is 13.2 Å². The van der Waals surface area contributed by atoms with Gasteiger partial charge in [-0.1, -0.05) is 6.07 Å². The number of H-pyrrole nitrogens is 1. The van der Waals surface area contributed by atoms with Gasteiger partial charge in [0, 0.05) is 28.2 Å². The fourth-order valence-electron chi connectivity index (χ4n) is 2.77. The lowest BCUT2D eigenvalue weighted by atomic mass is 10.0. The highest BCUT2D eigenvalue weighted by Gasteiger charge is 2.35. The van der Waals surface area contributed by atoms with Gasteiger partial charge in [0.1, 0.15) is 4.88 Å². The summed E-state index contributed by atoms with van der Waals surface area (Å²) in [6.45, 7) is 0. The molecule has 0 bridgehead atoms. The van der Waals surface area contributed by atoms with Crippen LogP contribution in [-0.2, 0) is 6.18 Å². The molecule has 21 heavy (non-hydrogen) atoms. The summed E-state index contributed by atoms with van der Waals surface area (Å²) in [5.41, 5.74) is 3.02. The van der Waals surface area contributed by atoms with Crippen LogP contribution >= 0.6 is 11.3 Å². The molecule has 1 aromatic carbocycles. The molecule has 0 amide bonds. The quantitative estimate of drug-likeness (QED) is 0.616. The topological polar surface area (TPSA) is 15.8 Å². The number of benzene rings is 1. The normalized spacial score (nSPS) is 15.8. The van der Waals surface area contributed by atoms with Gasteiger partial charge in [-0.2, -0.15) is 13.2 Å². The highest BCUT2D eigenvalue weighted by molar-refractivity contribution is 7.10. The maximum absolute atomic E-state index is 13.1. The van der Waals surface area contributed by atoms with Crippen LogP contribution in [0.1, 0.15) is 29.2 Å². The first-order valence-electron chi connectivity index (χ1n) is 6.80. The van der Waals surface area contributed by atoms with Gasteiger partial charge in [-0.3, -0.25) is 0 Å². The predicted molar refractivity (Wildman–Crippen MR) is 78.6 cm³/mol. The van der Waals surface area contributed by atoms with Crippen molar-refractivity contribution in [2.45, 2.75) is 24.9 Å². The Morgan fingerprint density at radius 1 is 1.10 bits per heavy atom. The van der Waals surface area contributed by atoms with Crippen molar-refractivity contribution >= 4 is 22.2 Å². The van der Waals surface area contributed by atoms with Crippen molar-refractivity contribution in [3.8, 4) is 11.1 Å². The maximum Gasteiger partial charge on any atom is 0.426 e. The Morgan fingerprint density at radius 2 is 1.90 bits per heavy atom. The van der Waals surface area contributed by atoms with Crippen molar-refractivity contribution in [3.63, 3.8) is 0 Å². The Balaban J connectivity index is 1.90. The summed E-state index contributed by atoms with van der Waals surface area (Å²) in [6, 6.07) is 7.63. The molecular weight excluding hydrogens is 295 g/mol. The van der Waals surface area contributed by atoms with Gasteiger partial charge in [0.25, 0.3) is 0 Å². The lowest BCUT2D eigenvalue weighted by molar-refractivity contribution is -0.133. The fraction of sp³-hybridized carbons (Fsp3) is 0.250. The van der Waals surface area contributed by atoms with Crippen LogP contribution in [0.15, 0.2) is 35.8 Å². The number of nitrogens with one attached hydrogen (secondary N) is 1. The van der Waals surface area contributed by atoms with Crippen molar-refractivity contribution in [2.24, 2.45) is 0 Å². The van der Waals surface area contributed by atoms with Gasteiger partial charge < -0.3 is 4.98 Å². The number of rotatable bonds is 2. The molecule has 1 N–H and O–H groups in total. The number of hydrogen-bond donors (Lipinski definition) is 1. The summed E-state index contributed by atoms with van der Waals surface area (Å²) in [5, 5.41) is 2.38. The molecule has 5 heteroatoms. The van der Waals surface area contributed by atoms with E-state index < -0.39 is 11.1 Å². The molecule has 0 radical (unpaired) electrons. The molecule has 108 valence electrons. The molecule has 1 saturated carbocycles. The van der Waals surface area contributed by atoms with E-state index in [0.717, 1.165) is 22.2 Å². The van der Waals surface area contributed by atoms with Gasteiger partial charge in [-0.05, 0) is 47.9 Å². The van der Waals surface area contributed by atoms with Gasteiger partial charge in [0.05, 0.1) is 0 Å². The molecule has 0 aliphatic heterocycles. The minimum absolute atomic E-state index is 0.270. The first-order valence-corrected chi connectivity index (χ1v) is 7.68. The van der Waals surface area contributed by atoms with E-state index in [0.29, 0.717) is 11.5 Å². The molecule has 4 rings (SSSR count). The molecule has 2 heterocycles. The predicted octanol–water partition coefficient (Wildman–Crippen LogP) is 5.79. The van der Waals surface area contributed by atoms with Gasteiger partial charge in [-0.25, -0.2) is 0 Å². The first kappa shape index (κ1) is 13.0. The highest BCUT2D eigenvalue weighted by Crippen LogP contribution is 2.45. The number of alkyl halides is 3. The van der Waals surface area contributed by atoms with E-state index in [4.69, 9.17) is 0 Å². The number of aromatic amines is 1. The third-order valence-corrected chi connectivity index (χ3v) is 4.93. The Hall–Kier alpha value is -1.75. The Labute approximate surface area is 123 Å². The zero-order valence-electron chi connectivity index (χ0n) is 11.0. The molecule has 2 aromatic heterocycles. The zero-order chi connectivity index (χ0) is 14.6. The smallest absolute Gasteiger partial charge is 0.361 e. The third kappa shape index (κ3) is 2.16. The minimum atomic E-state index is -4.30. The number of hydrogen-bond acceptors (Lipinski definition) is 1. The zero-order valence-corrected chi connectivity index (χ0v) is 11.8. The first-order chi connectivity index (χ1) is 10.0. The Kier molecular flexibility index (Phi) is 2.70. The number of halogens is 3. The second-order valence-electron chi connectivity index (χ2n) is 5.44. The molecular formula is C16H12F3NS. The molecule has 0 unspecified atom stereocenters. The Bertz CT molecular complexity index is 808. The van der Waals surface area contributed by atoms with Gasteiger partial charge in [0.15, 0.2) is 0 Å². The highest BCUT2D eigenvalue weighted by atomic mass is 32.1. The maximum atomic E-state index is 13.1. The van der Waals surface area contributed by atoms with E-state index in [9.17, 15) is 13.2 Å². The van der Waals surface area contributed by atoms with Gasteiger partial charge in [-0.15, -0.1) is 11.3 Å².